The van der Waals surface area contributed by atoms with Gasteiger partial charge in [-0.15, -0.1) is 10.2 Å². The highest BCUT2D eigenvalue weighted by atomic mass is 16.5. The summed E-state index contributed by atoms with van der Waals surface area (Å²) in [5, 5.41) is 11.0. The number of nitrogens with one attached hydrogen (secondary N) is 2. The lowest BCUT2D eigenvalue weighted by atomic mass is 10.4. The van der Waals surface area contributed by atoms with E-state index in [-0.39, 0.29) is 0 Å². The van der Waals surface area contributed by atoms with E-state index >= 15 is 0 Å². The highest BCUT2D eigenvalue weighted by Gasteiger charge is 2.11. The van der Waals surface area contributed by atoms with Gasteiger partial charge in [-0.05, 0) is 0 Å². The highest BCUT2D eigenvalue weighted by molar-refractivity contribution is 5.62. The lowest BCUT2D eigenvalue weighted by Gasteiger charge is -2.12. The number of methoxy groups -OCH3 is 1. The third-order valence-electron chi connectivity index (χ3n) is 2.59. The van der Waals surface area contributed by atoms with Crippen molar-refractivity contribution in [3.63, 3.8) is 0 Å². The second-order valence-corrected chi connectivity index (χ2v) is 3.78. The molecule has 0 atom stereocenters. The number of nitrogen functional groups attached to an aromatic ring is 1. The zero-order valence-electron chi connectivity index (χ0n) is 10.8. The summed E-state index contributed by atoms with van der Waals surface area (Å²) < 4.78 is 7.08. The summed E-state index contributed by atoms with van der Waals surface area (Å²) in [5.41, 5.74) is 2.46. The molecule has 0 amide bonds. The number of aromatic nitrogens is 5. The maximum atomic E-state index is 5.35. The van der Waals surface area contributed by atoms with Gasteiger partial charge < -0.3 is 20.0 Å². The van der Waals surface area contributed by atoms with E-state index in [2.05, 4.69) is 30.9 Å². The van der Waals surface area contributed by atoms with E-state index in [1.54, 1.807) is 6.33 Å². The van der Waals surface area contributed by atoms with Crippen molar-refractivity contribution < 1.29 is 4.74 Å². The second kappa shape index (κ2) is 5.96. The molecule has 0 saturated heterocycles. The van der Waals surface area contributed by atoms with Crippen molar-refractivity contribution in [2.24, 2.45) is 12.9 Å². The van der Waals surface area contributed by atoms with Crippen LogP contribution >= 0.6 is 0 Å². The fourth-order valence-electron chi connectivity index (χ4n) is 1.62. The smallest absolute Gasteiger partial charge is 0.205 e. The van der Waals surface area contributed by atoms with Crippen LogP contribution in [-0.2, 0) is 13.5 Å². The second-order valence-electron chi connectivity index (χ2n) is 3.78. The Bertz CT molecular complexity index is 540. The zero-order chi connectivity index (χ0) is 13.7. The minimum atomic E-state index is 0.429. The van der Waals surface area contributed by atoms with Crippen LogP contribution in [0.4, 0.5) is 11.6 Å². The van der Waals surface area contributed by atoms with E-state index < -0.39 is 0 Å². The van der Waals surface area contributed by atoms with Crippen LogP contribution in [0.15, 0.2) is 12.7 Å². The molecular formula is C10H16N8O. The van der Waals surface area contributed by atoms with Gasteiger partial charge in [0.2, 0.25) is 5.75 Å². The van der Waals surface area contributed by atoms with Crippen LogP contribution in [0.1, 0.15) is 5.82 Å². The summed E-state index contributed by atoms with van der Waals surface area (Å²) in [5.74, 6) is 7.72. The number of hydrogen-bond acceptors (Lipinski definition) is 8. The fourth-order valence-corrected chi connectivity index (χ4v) is 1.62. The summed E-state index contributed by atoms with van der Waals surface area (Å²) in [6, 6.07) is 0. The SMILES string of the molecule is COc1c(NN)ncnc1NCCc1nncn1C. The molecule has 0 saturated carbocycles. The molecule has 0 unspecified atom stereocenters. The molecule has 2 heterocycles. The first-order valence-electron chi connectivity index (χ1n) is 5.68. The molecule has 0 aliphatic heterocycles. The monoisotopic (exact) mass is 264 g/mol. The van der Waals surface area contributed by atoms with E-state index in [4.69, 9.17) is 10.6 Å². The Labute approximate surface area is 110 Å². The predicted molar refractivity (Wildman–Crippen MR) is 69.6 cm³/mol. The third kappa shape index (κ3) is 2.88. The van der Waals surface area contributed by atoms with Crippen LogP contribution in [0.2, 0.25) is 0 Å². The van der Waals surface area contributed by atoms with Gasteiger partial charge in [0, 0.05) is 20.0 Å². The van der Waals surface area contributed by atoms with E-state index in [1.807, 2.05) is 11.6 Å². The zero-order valence-corrected chi connectivity index (χ0v) is 10.8. The normalized spacial score (nSPS) is 10.3. The van der Waals surface area contributed by atoms with Crippen LogP contribution in [0.25, 0.3) is 0 Å². The molecular weight excluding hydrogens is 248 g/mol. The number of hydrogen-bond donors (Lipinski definition) is 3. The van der Waals surface area contributed by atoms with Crippen molar-refractivity contribution in [3.05, 3.63) is 18.5 Å². The summed E-state index contributed by atoms with van der Waals surface area (Å²) in [7, 11) is 3.43. The molecule has 9 heteroatoms. The van der Waals surface area contributed by atoms with Gasteiger partial charge in [-0.25, -0.2) is 15.8 Å². The van der Waals surface area contributed by atoms with Crippen LogP contribution < -0.4 is 21.3 Å². The molecule has 0 fully saturated rings. The molecule has 2 rings (SSSR count). The van der Waals surface area contributed by atoms with Crippen molar-refractivity contribution >= 4 is 11.6 Å². The lowest BCUT2D eigenvalue weighted by molar-refractivity contribution is 0.414. The Kier molecular flexibility index (Phi) is 4.08. The standard InChI is InChI=1S/C10H16N8O/c1-18-6-15-17-7(18)3-4-12-9-8(19-2)10(16-11)14-5-13-9/h5-6H,3-4,11H2,1-2H3,(H2,12,13,14,16). The number of nitrogens with zero attached hydrogens (tertiary/aromatic N) is 5. The number of rotatable bonds is 6. The topological polar surface area (TPSA) is 116 Å². The van der Waals surface area contributed by atoms with E-state index in [1.165, 1.54) is 13.4 Å². The predicted octanol–water partition coefficient (Wildman–Crippen LogP) is -0.446. The van der Waals surface area contributed by atoms with Crippen molar-refractivity contribution in [3.8, 4) is 5.75 Å². The highest BCUT2D eigenvalue weighted by Crippen LogP contribution is 2.27. The maximum absolute atomic E-state index is 5.35. The molecule has 19 heavy (non-hydrogen) atoms. The van der Waals surface area contributed by atoms with Gasteiger partial charge >= 0.3 is 0 Å². The fraction of sp³-hybridized carbons (Fsp3) is 0.400. The van der Waals surface area contributed by atoms with Crippen molar-refractivity contribution in [1.82, 2.24) is 24.7 Å². The first-order chi connectivity index (χ1) is 9.26. The van der Waals surface area contributed by atoms with Crippen LogP contribution in [0.3, 0.4) is 0 Å². The Morgan fingerprint density at radius 3 is 2.79 bits per heavy atom. The Morgan fingerprint density at radius 2 is 2.16 bits per heavy atom. The minimum Gasteiger partial charge on any atom is -0.490 e. The lowest BCUT2D eigenvalue weighted by Crippen LogP contribution is -2.14. The molecule has 0 radical (unpaired) electrons. The van der Waals surface area contributed by atoms with Crippen molar-refractivity contribution in [2.75, 3.05) is 24.4 Å². The number of aryl methyl sites for hydroxylation is 1. The van der Waals surface area contributed by atoms with Gasteiger partial charge in [-0.3, -0.25) is 0 Å². The molecule has 2 aromatic rings. The number of nitrogens with two attached hydrogens (primary N) is 1. The number of hydrazine groups is 1. The minimum absolute atomic E-state index is 0.429. The molecule has 0 aliphatic carbocycles. The maximum Gasteiger partial charge on any atom is 0.205 e. The summed E-state index contributed by atoms with van der Waals surface area (Å²) in [6.07, 6.45) is 3.79. The number of ether oxygens (including phenoxy) is 1. The van der Waals surface area contributed by atoms with Gasteiger partial charge in [0.15, 0.2) is 11.6 Å². The largest absolute Gasteiger partial charge is 0.490 e. The first kappa shape index (κ1) is 13.0. The number of anilines is 2. The Morgan fingerprint density at radius 1 is 1.37 bits per heavy atom. The summed E-state index contributed by atoms with van der Waals surface area (Å²) >= 11 is 0. The molecule has 0 bridgehead atoms. The van der Waals surface area contributed by atoms with E-state index in [0.29, 0.717) is 23.9 Å². The quantitative estimate of drug-likeness (QED) is 0.475. The van der Waals surface area contributed by atoms with Gasteiger partial charge in [-0.2, -0.15) is 0 Å². The van der Waals surface area contributed by atoms with Gasteiger partial charge in [-0.1, -0.05) is 0 Å². The molecule has 0 aliphatic rings. The molecule has 0 aromatic carbocycles. The van der Waals surface area contributed by atoms with Gasteiger partial charge in [0.1, 0.15) is 18.5 Å². The average molecular weight is 264 g/mol. The Hall–Kier alpha value is -2.42. The van der Waals surface area contributed by atoms with Gasteiger partial charge in [0.25, 0.3) is 0 Å². The van der Waals surface area contributed by atoms with Crippen molar-refractivity contribution in [1.29, 1.82) is 0 Å². The third-order valence-corrected chi connectivity index (χ3v) is 2.59. The van der Waals surface area contributed by atoms with Crippen molar-refractivity contribution in [2.45, 2.75) is 6.42 Å². The van der Waals surface area contributed by atoms with Crippen LogP contribution in [-0.4, -0.2) is 38.4 Å². The summed E-state index contributed by atoms with van der Waals surface area (Å²) in [6.45, 7) is 0.643. The van der Waals surface area contributed by atoms with Crippen LogP contribution in [0, 0.1) is 0 Å². The average Bonchev–Trinajstić information content (AvgIpc) is 2.84. The molecule has 102 valence electrons. The first-order valence-corrected chi connectivity index (χ1v) is 5.68. The molecule has 9 nitrogen and oxygen atoms in total. The summed E-state index contributed by atoms with van der Waals surface area (Å²) in [4.78, 5) is 8.08. The molecule has 2 aromatic heterocycles. The molecule has 0 spiro atoms. The molecule has 4 N–H and O–H groups in total. The van der Waals surface area contributed by atoms with E-state index in [0.717, 1.165) is 12.2 Å². The Balaban J connectivity index is 2.01. The van der Waals surface area contributed by atoms with Crippen LogP contribution in [0.5, 0.6) is 5.75 Å². The van der Waals surface area contributed by atoms with E-state index in [9.17, 15) is 0 Å². The van der Waals surface area contributed by atoms with Gasteiger partial charge in [0.05, 0.1) is 7.11 Å².